The van der Waals surface area contributed by atoms with Crippen molar-refractivity contribution in [2.45, 2.75) is 32.3 Å². The van der Waals surface area contributed by atoms with Gasteiger partial charge in [-0.15, -0.1) is 0 Å². The lowest BCUT2D eigenvalue weighted by atomic mass is 10.1. The van der Waals surface area contributed by atoms with Crippen LogP contribution >= 0.6 is 0 Å². The molecule has 2 aromatic carbocycles. The van der Waals surface area contributed by atoms with E-state index in [4.69, 9.17) is 18.9 Å². The maximum absolute atomic E-state index is 13.1. The van der Waals surface area contributed by atoms with Gasteiger partial charge in [-0.1, -0.05) is 6.07 Å². The lowest BCUT2D eigenvalue weighted by Gasteiger charge is -2.22. The summed E-state index contributed by atoms with van der Waals surface area (Å²) in [5.74, 6) is 1.15. The van der Waals surface area contributed by atoms with Crippen LogP contribution in [0.5, 0.6) is 17.2 Å². The van der Waals surface area contributed by atoms with E-state index in [1.54, 1.807) is 17.0 Å². The van der Waals surface area contributed by atoms with Crippen LogP contribution in [-0.2, 0) is 14.3 Å². The quantitative estimate of drug-likeness (QED) is 0.724. The second-order valence-electron chi connectivity index (χ2n) is 8.67. The Morgan fingerprint density at radius 3 is 2.79 bits per heavy atom. The Kier molecular flexibility index (Phi) is 6.09. The van der Waals surface area contributed by atoms with Gasteiger partial charge in [0, 0.05) is 31.3 Å². The minimum absolute atomic E-state index is 0.0843. The number of ether oxygens (including phenoxy) is 4. The summed E-state index contributed by atoms with van der Waals surface area (Å²) in [6, 6.07) is 11.1. The number of benzene rings is 2. The third-order valence-corrected chi connectivity index (χ3v) is 6.18. The molecule has 2 fully saturated rings. The van der Waals surface area contributed by atoms with Crippen molar-refractivity contribution in [3.8, 4) is 17.2 Å². The number of hydrogen-bond donors (Lipinski definition) is 1. The monoisotopic (exact) mass is 452 g/mol. The average molecular weight is 453 g/mol. The van der Waals surface area contributed by atoms with E-state index in [0.717, 1.165) is 25.0 Å². The molecule has 3 aliphatic heterocycles. The van der Waals surface area contributed by atoms with Crippen LogP contribution in [0, 0.1) is 12.8 Å². The number of rotatable bonds is 6. The molecule has 8 heteroatoms. The van der Waals surface area contributed by atoms with Gasteiger partial charge in [-0.05, 0) is 49.6 Å². The minimum Gasteiger partial charge on any atom is -0.489 e. The van der Waals surface area contributed by atoms with Gasteiger partial charge in [-0.2, -0.15) is 0 Å². The maximum Gasteiger partial charge on any atom is 0.229 e. The molecule has 2 amide bonds. The SMILES string of the molecule is Cc1ccc(NC(=O)C2CC(=O)N(c3ccc4c(c3)OCCO4)C2)c(OCC2CCCO2)c1. The number of carbonyl (C=O) groups is 2. The number of aryl methyl sites for hydroxylation is 1. The Morgan fingerprint density at radius 2 is 1.97 bits per heavy atom. The molecule has 0 aliphatic carbocycles. The van der Waals surface area contributed by atoms with Gasteiger partial charge < -0.3 is 29.2 Å². The zero-order valence-electron chi connectivity index (χ0n) is 18.7. The van der Waals surface area contributed by atoms with E-state index >= 15 is 0 Å². The highest BCUT2D eigenvalue weighted by atomic mass is 16.6. The van der Waals surface area contributed by atoms with Crippen LogP contribution in [0.15, 0.2) is 36.4 Å². The zero-order valence-corrected chi connectivity index (χ0v) is 18.7. The molecule has 174 valence electrons. The molecule has 3 heterocycles. The molecule has 5 rings (SSSR count). The van der Waals surface area contributed by atoms with Gasteiger partial charge in [0.2, 0.25) is 11.8 Å². The van der Waals surface area contributed by atoms with Crippen molar-refractivity contribution >= 4 is 23.2 Å². The molecule has 2 unspecified atom stereocenters. The van der Waals surface area contributed by atoms with Crippen molar-refractivity contribution in [1.82, 2.24) is 0 Å². The molecule has 0 saturated carbocycles. The fourth-order valence-electron chi connectivity index (χ4n) is 4.38. The van der Waals surface area contributed by atoms with E-state index in [1.807, 2.05) is 31.2 Å². The first-order valence-corrected chi connectivity index (χ1v) is 11.4. The van der Waals surface area contributed by atoms with E-state index in [-0.39, 0.29) is 24.3 Å². The predicted octanol–water partition coefficient (Wildman–Crippen LogP) is 3.32. The molecule has 2 saturated heterocycles. The first-order valence-electron chi connectivity index (χ1n) is 11.4. The smallest absolute Gasteiger partial charge is 0.229 e. The third kappa shape index (κ3) is 4.75. The molecule has 33 heavy (non-hydrogen) atoms. The molecule has 0 spiro atoms. The minimum atomic E-state index is -0.460. The molecule has 1 N–H and O–H groups in total. The van der Waals surface area contributed by atoms with Crippen molar-refractivity contribution in [3.05, 3.63) is 42.0 Å². The number of nitrogens with one attached hydrogen (secondary N) is 1. The molecule has 2 atom stereocenters. The lowest BCUT2D eigenvalue weighted by Crippen LogP contribution is -2.28. The summed E-state index contributed by atoms with van der Waals surface area (Å²) in [6.45, 7) is 4.49. The van der Waals surface area contributed by atoms with Gasteiger partial charge in [0.05, 0.1) is 17.7 Å². The normalized spacial score (nSPS) is 21.8. The third-order valence-electron chi connectivity index (χ3n) is 6.18. The second kappa shape index (κ2) is 9.31. The van der Waals surface area contributed by atoms with E-state index < -0.39 is 5.92 Å². The predicted molar refractivity (Wildman–Crippen MR) is 122 cm³/mol. The summed E-state index contributed by atoms with van der Waals surface area (Å²) in [5, 5.41) is 2.97. The first-order chi connectivity index (χ1) is 16.1. The van der Waals surface area contributed by atoms with Gasteiger partial charge in [-0.3, -0.25) is 9.59 Å². The van der Waals surface area contributed by atoms with E-state index in [2.05, 4.69) is 5.32 Å². The van der Waals surface area contributed by atoms with Crippen molar-refractivity contribution in [2.75, 3.05) is 43.2 Å². The van der Waals surface area contributed by atoms with E-state index in [1.165, 1.54) is 0 Å². The highest BCUT2D eigenvalue weighted by Gasteiger charge is 2.36. The summed E-state index contributed by atoms with van der Waals surface area (Å²) in [6.07, 6.45) is 2.26. The second-order valence-corrected chi connectivity index (χ2v) is 8.67. The van der Waals surface area contributed by atoms with Gasteiger partial charge >= 0.3 is 0 Å². The van der Waals surface area contributed by atoms with Crippen LogP contribution in [0.4, 0.5) is 11.4 Å². The molecule has 2 aromatic rings. The molecule has 0 bridgehead atoms. The average Bonchev–Trinajstić information content (AvgIpc) is 3.48. The van der Waals surface area contributed by atoms with Gasteiger partial charge in [0.15, 0.2) is 11.5 Å². The molecular formula is C25H28N2O6. The number of nitrogens with zero attached hydrogens (tertiary/aromatic N) is 1. The number of anilines is 2. The van der Waals surface area contributed by atoms with Crippen LogP contribution in [0.3, 0.4) is 0 Å². The van der Waals surface area contributed by atoms with Crippen LogP contribution in [-0.4, -0.2) is 50.9 Å². The van der Waals surface area contributed by atoms with Crippen LogP contribution in [0.25, 0.3) is 0 Å². The van der Waals surface area contributed by atoms with Crippen molar-refractivity contribution in [2.24, 2.45) is 5.92 Å². The largest absolute Gasteiger partial charge is 0.489 e. The lowest BCUT2D eigenvalue weighted by molar-refractivity contribution is -0.122. The Hall–Kier alpha value is -3.26. The number of carbonyl (C=O) groups excluding carboxylic acids is 2. The maximum atomic E-state index is 13.1. The summed E-state index contributed by atoms with van der Waals surface area (Å²) < 4.78 is 22.8. The summed E-state index contributed by atoms with van der Waals surface area (Å²) >= 11 is 0. The summed E-state index contributed by atoms with van der Waals surface area (Å²) in [5.41, 5.74) is 2.35. The van der Waals surface area contributed by atoms with E-state index in [0.29, 0.717) is 55.0 Å². The van der Waals surface area contributed by atoms with Crippen molar-refractivity contribution in [3.63, 3.8) is 0 Å². The molecule has 3 aliphatic rings. The van der Waals surface area contributed by atoms with Crippen LogP contribution < -0.4 is 24.4 Å². The van der Waals surface area contributed by atoms with Crippen molar-refractivity contribution < 1.29 is 28.5 Å². The Labute approximate surface area is 192 Å². The van der Waals surface area contributed by atoms with Gasteiger partial charge in [0.25, 0.3) is 0 Å². The summed E-state index contributed by atoms with van der Waals surface area (Å²) in [4.78, 5) is 27.4. The highest BCUT2D eigenvalue weighted by molar-refractivity contribution is 6.04. The molecular weight excluding hydrogens is 424 g/mol. The zero-order chi connectivity index (χ0) is 22.8. The highest BCUT2D eigenvalue weighted by Crippen LogP contribution is 2.36. The van der Waals surface area contributed by atoms with Crippen molar-refractivity contribution in [1.29, 1.82) is 0 Å². The fourth-order valence-corrected chi connectivity index (χ4v) is 4.38. The Balaban J connectivity index is 1.25. The Bertz CT molecular complexity index is 1050. The summed E-state index contributed by atoms with van der Waals surface area (Å²) in [7, 11) is 0. The standard InChI is InChI=1S/C25H28N2O6/c1-16-4-6-20(22(11-16)33-15-19-3-2-8-30-19)26-25(29)17-12-24(28)27(14-17)18-5-7-21-23(13-18)32-10-9-31-21/h4-7,11,13,17,19H,2-3,8-10,12,14-15H2,1H3,(H,26,29). The topological polar surface area (TPSA) is 86.3 Å². The number of hydrogen-bond acceptors (Lipinski definition) is 6. The first kappa shape index (κ1) is 21.6. The number of fused-ring (bicyclic) bond motifs is 1. The fraction of sp³-hybridized carbons (Fsp3) is 0.440. The van der Waals surface area contributed by atoms with Crippen LogP contribution in [0.1, 0.15) is 24.8 Å². The van der Waals surface area contributed by atoms with Gasteiger partial charge in [0.1, 0.15) is 25.6 Å². The van der Waals surface area contributed by atoms with Gasteiger partial charge in [-0.25, -0.2) is 0 Å². The Morgan fingerprint density at radius 1 is 1.12 bits per heavy atom. The molecule has 0 aromatic heterocycles. The number of amides is 2. The molecule has 8 nitrogen and oxygen atoms in total. The van der Waals surface area contributed by atoms with E-state index in [9.17, 15) is 9.59 Å². The van der Waals surface area contributed by atoms with Crippen LogP contribution in [0.2, 0.25) is 0 Å². The molecule has 0 radical (unpaired) electrons.